The highest BCUT2D eigenvalue weighted by atomic mass is 35.5. The van der Waals surface area contributed by atoms with E-state index in [2.05, 4.69) is 9.97 Å². The van der Waals surface area contributed by atoms with Crippen molar-refractivity contribution < 1.29 is 9.13 Å². The van der Waals surface area contributed by atoms with Crippen molar-refractivity contribution in [1.82, 2.24) is 9.97 Å². The summed E-state index contributed by atoms with van der Waals surface area (Å²) in [5.41, 5.74) is 0.353. The maximum absolute atomic E-state index is 13.9. The topological polar surface area (TPSA) is 35.0 Å². The number of hydrogen-bond acceptors (Lipinski definition) is 3. The molecule has 3 nitrogen and oxygen atoms in total. The van der Waals surface area contributed by atoms with Crippen molar-refractivity contribution >= 4 is 34.1 Å². The minimum absolute atomic E-state index is 0.00811. The van der Waals surface area contributed by atoms with E-state index in [9.17, 15) is 4.39 Å². The molecular formula is C12H9Cl2FN2O. The van der Waals surface area contributed by atoms with E-state index in [4.69, 9.17) is 27.9 Å². The van der Waals surface area contributed by atoms with Crippen LogP contribution in [0.3, 0.4) is 0 Å². The fourth-order valence-electron chi connectivity index (χ4n) is 1.70. The highest BCUT2D eigenvalue weighted by Gasteiger charge is 2.22. The minimum Gasteiger partial charge on any atom is -0.493 e. The average molecular weight is 287 g/mol. The summed E-state index contributed by atoms with van der Waals surface area (Å²) in [5.74, 6) is 0.541. The number of aromatic nitrogens is 2. The molecule has 6 heteroatoms. The van der Waals surface area contributed by atoms with Gasteiger partial charge in [0.25, 0.3) is 0 Å². The molecular weight excluding hydrogens is 278 g/mol. The molecule has 94 valence electrons. The molecule has 1 saturated carbocycles. The first kappa shape index (κ1) is 11.9. The highest BCUT2D eigenvalue weighted by Crippen LogP contribution is 2.32. The molecule has 1 aromatic carbocycles. The fourth-order valence-corrected chi connectivity index (χ4v) is 2.19. The summed E-state index contributed by atoms with van der Waals surface area (Å²) < 4.78 is 19.4. The van der Waals surface area contributed by atoms with E-state index in [-0.39, 0.29) is 15.8 Å². The van der Waals surface area contributed by atoms with Crippen molar-refractivity contribution in [3.8, 4) is 5.75 Å². The van der Waals surface area contributed by atoms with Crippen LogP contribution in [0.1, 0.15) is 12.8 Å². The Morgan fingerprint density at radius 1 is 1.28 bits per heavy atom. The van der Waals surface area contributed by atoms with Crippen LogP contribution in [0, 0.1) is 11.7 Å². The average Bonchev–Trinajstić information content (AvgIpc) is 3.08. The third-order valence-electron chi connectivity index (χ3n) is 2.83. The number of nitrogens with zero attached hydrogens (tertiary/aromatic N) is 2. The summed E-state index contributed by atoms with van der Waals surface area (Å²) in [5, 5.41) is 0.169. The SMILES string of the molecule is Fc1cc(OCC2CC2)cc2nc(Cl)nc(Cl)c12. The minimum atomic E-state index is -0.500. The number of fused-ring (bicyclic) bond motifs is 1. The van der Waals surface area contributed by atoms with Crippen LogP contribution in [0.4, 0.5) is 4.39 Å². The van der Waals surface area contributed by atoms with Gasteiger partial charge in [-0.05, 0) is 30.4 Å². The Bertz CT molecular complexity index is 617. The van der Waals surface area contributed by atoms with Crippen molar-refractivity contribution in [1.29, 1.82) is 0 Å². The van der Waals surface area contributed by atoms with E-state index < -0.39 is 5.82 Å². The Morgan fingerprint density at radius 3 is 2.78 bits per heavy atom. The molecule has 0 unspecified atom stereocenters. The van der Waals surface area contributed by atoms with Gasteiger partial charge in [0.05, 0.1) is 17.5 Å². The number of rotatable bonds is 3. The van der Waals surface area contributed by atoms with E-state index >= 15 is 0 Å². The first-order valence-corrected chi connectivity index (χ1v) is 6.34. The van der Waals surface area contributed by atoms with Crippen molar-refractivity contribution in [2.24, 2.45) is 5.92 Å². The molecule has 1 aromatic heterocycles. The van der Waals surface area contributed by atoms with Gasteiger partial charge in [0.15, 0.2) is 0 Å². The van der Waals surface area contributed by atoms with Crippen molar-refractivity contribution in [2.45, 2.75) is 12.8 Å². The summed E-state index contributed by atoms with van der Waals surface area (Å²) in [6, 6.07) is 2.92. The van der Waals surface area contributed by atoms with Crippen LogP contribution in [-0.4, -0.2) is 16.6 Å². The van der Waals surface area contributed by atoms with Gasteiger partial charge in [-0.2, -0.15) is 0 Å². The van der Waals surface area contributed by atoms with Crippen molar-refractivity contribution in [2.75, 3.05) is 6.61 Å². The molecule has 0 bridgehead atoms. The molecule has 0 spiro atoms. The molecule has 2 aromatic rings. The first-order chi connectivity index (χ1) is 8.63. The predicted octanol–water partition coefficient (Wildman–Crippen LogP) is 3.86. The molecule has 1 aliphatic rings. The molecule has 0 N–H and O–H groups in total. The monoisotopic (exact) mass is 286 g/mol. The van der Waals surface area contributed by atoms with Crippen molar-refractivity contribution in [3.63, 3.8) is 0 Å². The summed E-state index contributed by atoms with van der Waals surface area (Å²) in [7, 11) is 0. The second-order valence-corrected chi connectivity index (χ2v) is 5.03. The van der Waals surface area contributed by atoms with E-state index in [1.54, 1.807) is 6.07 Å². The Hall–Kier alpha value is -1.13. The van der Waals surface area contributed by atoms with Crippen LogP contribution in [0.25, 0.3) is 10.9 Å². The number of benzene rings is 1. The lowest BCUT2D eigenvalue weighted by atomic mass is 10.2. The second-order valence-electron chi connectivity index (χ2n) is 4.34. The zero-order chi connectivity index (χ0) is 12.7. The number of hydrogen-bond donors (Lipinski definition) is 0. The van der Waals surface area contributed by atoms with E-state index in [0.717, 1.165) is 0 Å². The van der Waals surface area contributed by atoms with Gasteiger partial charge in [0.2, 0.25) is 5.28 Å². The standard InChI is InChI=1S/C12H9Cl2FN2O/c13-11-10-8(15)3-7(18-5-6-1-2-6)4-9(10)16-12(14)17-11/h3-4,6H,1-2,5H2. The summed E-state index contributed by atoms with van der Waals surface area (Å²) >= 11 is 11.5. The Morgan fingerprint density at radius 2 is 2.06 bits per heavy atom. The molecule has 3 rings (SSSR count). The quantitative estimate of drug-likeness (QED) is 0.635. The molecule has 1 heterocycles. The Balaban J connectivity index is 2.02. The molecule has 1 fully saturated rings. The maximum atomic E-state index is 13.9. The molecule has 18 heavy (non-hydrogen) atoms. The van der Waals surface area contributed by atoms with E-state index in [1.165, 1.54) is 18.9 Å². The lowest BCUT2D eigenvalue weighted by molar-refractivity contribution is 0.299. The van der Waals surface area contributed by atoms with Crippen LogP contribution in [0.15, 0.2) is 12.1 Å². The molecule has 0 atom stereocenters. The summed E-state index contributed by atoms with van der Waals surface area (Å²) in [6.07, 6.45) is 2.35. The summed E-state index contributed by atoms with van der Waals surface area (Å²) in [6.45, 7) is 0.609. The second kappa shape index (κ2) is 4.52. The lowest BCUT2D eigenvalue weighted by Crippen LogP contribution is -2.00. The molecule has 1 aliphatic carbocycles. The third-order valence-corrected chi connectivity index (χ3v) is 3.28. The van der Waals surface area contributed by atoms with Gasteiger partial charge in [0.1, 0.15) is 16.7 Å². The molecule has 0 aliphatic heterocycles. The fraction of sp³-hybridized carbons (Fsp3) is 0.333. The molecule has 0 amide bonds. The van der Waals surface area contributed by atoms with Crippen LogP contribution in [0.2, 0.25) is 10.4 Å². The molecule has 0 radical (unpaired) electrons. The van der Waals surface area contributed by atoms with Gasteiger partial charge in [-0.15, -0.1) is 0 Å². The summed E-state index contributed by atoms with van der Waals surface area (Å²) in [4.78, 5) is 7.67. The zero-order valence-electron chi connectivity index (χ0n) is 9.29. The largest absolute Gasteiger partial charge is 0.493 e. The number of halogens is 3. The van der Waals surface area contributed by atoms with Gasteiger partial charge < -0.3 is 4.74 Å². The van der Waals surface area contributed by atoms with E-state index in [1.807, 2.05) is 0 Å². The number of ether oxygens (including phenoxy) is 1. The van der Waals surface area contributed by atoms with Gasteiger partial charge in [0, 0.05) is 12.1 Å². The van der Waals surface area contributed by atoms with Crippen LogP contribution in [0.5, 0.6) is 5.75 Å². The maximum Gasteiger partial charge on any atom is 0.224 e. The van der Waals surface area contributed by atoms with Crippen LogP contribution >= 0.6 is 23.2 Å². The normalized spacial score (nSPS) is 15.1. The molecule has 0 saturated heterocycles. The van der Waals surface area contributed by atoms with Crippen molar-refractivity contribution in [3.05, 3.63) is 28.4 Å². The van der Waals surface area contributed by atoms with Crippen LogP contribution < -0.4 is 4.74 Å². The highest BCUT2D eigenvalue weighted by molar-refractivity contribution is 6.35. The predicted molar refractivity (Wildman–Crippen MR) is 67.7 cm³/mol. The lowest BCUT2D eigenvalue weighted by Gasteiger charge is -2.08. The van der Waals surface area contributed by atoms with Gasteiger partial charge >= 0.3 is 0 Å². The van der Waals surface area contributed by atoms with E-state index in [0.29, 0.717) is 23.8 Å². The Kier molecular flexibility index (Phi) is 2.99. The first-order valence-electron chi connectivity index (χ1n) is 5.58. The Labute approximate surface area is 113 Å². The van der Waals surface area contributed by atoms with Crippen LogP contribution in [-0.2, 0) is 0 Å². The third kappa shape index (κ3) is 2.35. The zero-order valence-corrected chi connectivity index (χ0v) is 10.8. The smallest absolute Gasteiger partial charge is 0.224 e. The van der Waals surface area contributed by atoms with Gasteiger partial charge in [-0.25, -0.2) is 14.4 Å². The van der Waals surface area contributed by atoms with Gasteiger partial charge in [-0.3, -0.25) is 0 Å². The van der Waals surface area contributed by atoms with Gasteiger partial charge in [-0.1, -0.05) is 11.6 Å².